The van der Waals surface area contributed by atoms with Crippen LogP contribution in [0.5, 0.6) is 0 Å². The van der Waals surface area contributed by atoms with Crippen molar-refractivity contribution in [2.45, 2.75) is 76.2 Å². The zero-order chi connectivity index (χ0) is 17.9. The number of rotatable bonds is 3. The molecule has 1 aromatic carbocycles. The van der Waals surface area contributed by atoms with Gasteiger partial charge in [0.15, 0.2) is 5.82 Å². The van der Waals surface area contributed by atoms with Gasteiger partial charge < -0.3 is 4.74 Å². The number of hydrogen-bond acceptors (Lipinski definition) is 4. The molecule has 1 atom stereocenters. The lowest BCUT2D eigenvalue weighted by molar-refractivity contribution is -0.148. The van der Waals surface area contributed by atoms with Crippen LogP contribution in [0.2, 0.25) is 0 Å². The number of nitrogens with zero attached hydrogens (tertiary/aromatic N) is 3. The first kappa shape index (κ1) is 16.0. The average molecular weight is 351 g/mol. The summed E-state index contributed by atoms with van der Waals surface area (Å²) in [4.78, 5) is 17.2. The molecule has 2 aromatic rings. The summed E-state index contributed by atoms with van der Waals surface area (Å²) in [7, 11) is 0. The summed E-state index contributed by atoms with van der Waals surface area (Å²) >= 11 is 0. The first-order valence-electron chi connectivity index (χ1n) is 9.83. The van der Waals surface area contributed by atoms with Crippen molar-refractivity contribution < 1.29 is 9.53 Å². The van der Waals surface area contributed by atoms with Crippen LogP contribution in [0.4, 0.5) is 0 Å². The topological polar surface area (TPSA) is 57.0 Å². The van der Waals surface area contributed by atoms with E-state index in [1.807, 2.05) is 4.68 Å². The number of carbonyl (C=O) groups is 1. The molecule has 5 nitrogen and oxygen atoms in total. The Morgan fingerprint density at radius 1 is 1.19 bits per heavy atom. The van der Waals surface area contributed by atoms with E-state index in [4.69, 9.17) is 14.8 Å². The summed E-state index contributed by atoms with van der Waals surface area (Å²) in [6, 6.07) is 6.30. The fourth-order valence-electron chi connectivity index (χ4n) is 4.67. The molecule has 2 saturated carbocycles. The molecular formula is C21H25N3O2. The van der Waals surface area contributed by atoms with Crippen molar-refractivity contribution in [2.75, 3.05) is 0 Å². The Labute approximate surface area is 153 Å². The van der Waals surface area contributed by atoms with E-state index in [0.717, 1.165) is 43.0 Å². The third-order valence-electron chi connectivity index (χ3n) is 6.48. The first-order valence-corrected chi connectivity index (χ1v) is 9.83. The normalized spacial score (nSPS) is 24.4. The number of ether oxygens (including phenoxy) is 1. The van der Waals surface area contributed by atoms with Gasteiger partial charge in [-0.2, -0.15) is 5.10 Å². The van der Waals surface area contributed by atoms with Gasteiger partial charge in [0.25, 0.3) is 0 Å². The second-order valence-corrected chi connectivity index (χ2v) is 8.24. The van der Waals surface area contributed by atoms with Crippen molar-refractivity contribution in [1.29, 1.82) is 0 Å². The molecule has 3 aliphatic rings. The number of aryl methyl sites for hydroxylation is 1. The van der Waals surface area contributed by atoms with E-state index >= 15 is 0 Å². The van der Waals surface area contributed by atoms with Crippen molar-refractivity contribution in [3.63, 3.8) is 0 Å². The molecule has 0 N–H and O–H groups in total. The summed E-state index contributed by atoms with van der Waals surface area (Å²) in [6.07, 6.45) is 6.90. The highest BCUT2D eigenvalue weighted by Gasteiger charge is 2.53. The SMILES string of the molecule is Cc1cccc(-n2nc(C3CC3)nc2[C@H]2CC(=O)OC23CCCC3)c1C. The van der Waals surface area contributed by atoms with Gasteiger partial charge in [-0.3, -0.25) is 4.79 Å². The Morgan fingerprint density at radius 2 is 1.96 bits per heavy atom. The van der Waals surface area contributed by atoms with E-state index in [1.54, 1.807) is 0 Å². The van der Waals surface area contributed by atoms with Crippen LogP contribution < -0.4 is 0 Å². The second-order valence-electron chi connectivity index (χ2n) is 8.24. The predicted octanol–water partition coefficient (Wildman–Crippen LogP) is 4.10. The molecule has 26 heavy (non-hydrogen) atoms. The van der Waals surface area contributed by atoms with Gasteiger partial charge >= 0.3 is 5.97 Å². The lowest BCUT2D eigenvalue weighted by Crippen LogP contribution is -2.32. The number of benzene rings is 1. The zero-order valence-corrected chi connectivity index (χ0v) is 15.5. The van der Waals surface area contributed by atoms with Crippen molar-refractivity contribution >= 4 is 5.97 Å². The van der Waals surface area contributed by atoms with Crippen LogP contribution in [0.15, 0.2) is 18.2 Å². The van der Waals surface area contributed by atoms with Crippen molar-refractivity contribution in [3.8, 4) is 5.69 Å². The average Bonchev–Trinajstić information content (AvgIpc) is 3.08. The smallest absolute Gasteiger partial charge is 0.307 e. The molecule has 136 valence electrons. The maximum Gasteiger partial charge on any atom is 0.307 e. The van der Waals surface area contributed by atoms with Crippen LogP contribution >= 0.6 is 0 Å². The van der Waals surface area contributed by atoms with E-state index in [2.05, 4.69) is 32.0 Å². The van der Waals surface area contributed by atoms with Crippen LogP contribution in [-0.4, -0.2) is 26.3 Å². The van der Waals surface area contributed by atoms with Gasteiger partial charge in [-0.05, 0) is 69.6 Å². The van der Waals surface area contributed by atoms with Crippen LogP contribution in [-0.2, 0) is 9.53 Å². The van der Waals surface area contributed by atoms with Crippen LogP contribution in [0.3, 0.4) is 0 Å². The Balaban J connectivity index is 1.66. The Kier molecular flexibility index (Phi) is 3.49. The molecule has 0 amide bonds. The molecule has 0 radical (unpaired) electrons. The maximum atomic E-state index is 12.2. The molecular weight excluding hydrogens is 326 g/mol. The lowest BCUT2D eigenvalue weighted by Gasteiger charge is -2.28. The Hall–Kier alpha value is -2.17. The van der Waals surface area contributed by atoms with E-state index in [-0.39, 0.29) is 17.5 Å². The van der Waals surface area contributed by atoms with Crippen LogP contribution in [0.1, 0.15) is 79.6 Å². The number of aromatic nitrogens is 3. The second kappa shape index (κ2) is 5.66. The molecule has 2 heterocycles. The number of esters is 1. The quantitative estimate of drug-likeness (QED) is 0.781. The highest BCUT2D eigenvalue weighted by molar-refractivity contribution is 5.74. The van der Waals surface area contributed by atoms with Crippen molar-refractivity contribution in [2.24, 2.45) is 0 Å². The van der Waals surface area contributed by atoms with E-state index in [0.29, 0.717) is 12.3 Å². The largest absolute Gasteiger partial charge is 0.458 e. The van der Waals surface area contributed by atoms with Crippen LogP contribution in [0, 0.1) is 13.8 Å². The third-order valence-corrected chi connectivity index (χ3v) is 6.48. The van der Waals surface area contributed by atoms with Gasteiger partial charge in [0.05, 0.1) is 18.0 Å². The summed E-state index contributed by atoms with van der Waals surface area (Å²) in [5.41, 5.74) is 3.17. The number of carbonyl (C=O) groups excluding carboxylic acids is 1. The van der Waals surface area contributed by atoms with Gasteiger partial charge in [0.1, 0.15) is 11.4 Å². The monoisotopic (exact) mass is 351 g/mol. The molecule has 1 spiro atoms. The van der Waals surface area contributed by atoms with E-state index < -0.39 is 0 Å². The molecule has 1 saturated heterocycles. The molecule has 5 heteroatoms. The van der Waals surface area contributed by atoms with Crippen LogP contribution in [0.25, 0.3) is 5.69 Å². The molecule has 1 aromatic heterocycles. The zero-order valence-electron chi connectivity index (χ0n) is 15.5. The molecule has 1 aliphatic heterocycles. The van der Waals surface area contributed by atoms with E-state index in [1.165, 1.54) is 24.0 Å². The highest BCUT2D eigenvalue weighted by atomic mass is 16.6. The molecule has 0 unspecified atom stereocenters. The molecule has 0 bridgehead atoms. The molecule has 5 rings (SSSR count). The molecule has 3 fully saturated rings. The first-order chi connectivity index (χ1) is 12.6. The third kappa shape index (κ3) is 2.40. The molecule has 2 aliphatic carbocycles. The minimum atomic E-state index is -0.361. The summed E-state index contributed by atoms with van der Waals surface area (Å²) in [5, 5.41) is 4.91. The lowest BCUT2D eigenvalue weighted by atomic mass is 9.85. The van der Waals surface area contributed by atoms with E-state index in [9.17, 15) is 4.79 Å². The Morgan fingerprint density at radius 3 is 2.69 bits per heavy atom. The highest BCUT2D eigenvalue weighted by Crippen LogP contribution is 2.51. The summed E-state index contributed by atoms with van der Waals surface area (Å²) in [5.74, 6) is 2.28. The number of hydrogen-bond donors (Lipinski definition) is 0. The summed E-state index contributed by atoms with van der Waals surface area (Å²) in [6.45, 7) is 4.26. The van der Waals surface area contributed by atoms with Gasteiger partial charge in [-0.1, -0.05) is 12.1 Å². The van der Waals surface area contributed by atoms with Crippen molar-refractivity contribution in [1.82, 2.24) is 14.8 Å². The standard InChI is InChI=1S/C21H25N3O2/c1-13-6-5-7-17(14(13)2)24-20(22-19(23-24)15-8-9-15)16-12-18(25)26-21(16)10-3-4-11-21/h5-7,15-16H,3-4,8-12H2,1-2H3/t16-/m1/s1. The maximum absolute atomic E-state index is 12.2. The summed E-state index contributed by atoms with van der Waals surface area (Å²) < 4.78 is 7.90. The minimum absolute atomic E-state index is 0.0115. The van der Waals surface area contributed by atoms with Gasteiger partial charge in [0.2, 0.25) is 0 Å². The van der Waals surface area contributed by atoms with Gasteiger partial charge in [-0.15, -0.1) is 0 Å². The Bertz CT molecular complexity index is 875. The predicted molar refractivity (Wildman–Crippen MR) is 97.5 cm³/mol. The van der Waals surface area contributed by atoms with Gasteiger partial charge in [-0.25, -0.2) is 9.67 Å². The fourth-order valence-corrected chi connectivity index (χ4v) is 4.67. The van der Waals surface area contributed by atoms with Gasteiger partial charge in [0, 0.05) is 5.92 Å². The fraction of sp³-hybridized carbons (Fsp3) is 0.571. The minimum Gasteiger partial charge on any atom is -0.458 e. The van der Waals surface area contributed by atoms with Crippen molar-refractivity contribution in [3.05, 3.63) is 41.0 Å².